The lowest BCUT2D eigenvalue weighted by atomic mass is 10.0. The van der Waals surface area contributed by atoms with E-state index >= 15 is 0 Å². The zero-order valence-corrected chi connectivity index (χ0v) is 26.0. The van der Waals surface area contributed by atoms with Gasteiger partial charge in [0.2, 0.25) is 6.29 Å². The Labute approximate surface area is 239 Å². The van der Waals surface area contributed by atoms with Gasteiger partial charge in [-0.1, -0.05) is 174 Å². The van der Waals surface area contributed by atoms with Crippen molar-refractivity contribution in [3.63, 3.8) is 0 Å². The maximum absolute atomic E-state index is 12.2. The van der Waals surface area contributed by atoms with E-state index in [2.05, 4.69) is 13.8 Å². The van der Waals surface area contributed by atoms with Crippen molar-refractivity contribution in [3.05, 3.63) is 0 Å². The smallest absolute Gasteiger partial charge is 0.306 e. The molecule has 0 rings (SSSR count). The molecule has 1 unspecified atom stereocenters. The van der Waals surface area contributed by atoms with Crippen molar-refractivity contribution in [1.82, 2.24) is 0 Å². The summed E-state index contributed by atoms with van der Waals surface area (Å²) in [5.74, 6) is -0.127. The highest BCUT2D eigenvalue weighted by Gasteiger charge is 2.14. The zero-order valence-electron chi connectivity index (χ0n) is 26.0. The lowest BCUT2D eigenvalue weighted by molar-refractivity contribution is -0.149. The van der Waals surface area contributed by atoms with Crippen LogP contribution in [0.5, 0.6) is 0 Å². The summed E-state index contributed by atoms with van der Waals surface area (Å²) in [4.78, 5) is 23.1. The van der Waals surface area contributed by atoms with Crippen LogP contribution in [0, 0.1) is 0 Å². The van der Waals surface area contributed by atoms with Crippen LogP contribution in [-0.4, -0.2) is 18.4 Å². The molecule has 0 aliphatic rings. The number of carbonyl (C=O) groups excluding carboxylic acids is 2. The summed E-state index contributed by atoms with van der Waals surface area (Å²) >= 11 is 0. The Balaban J connectivity index is 3.46. The molecule has 225 valence electrons. The van der Waals surface area contributed by atoms with Crippen molar-refractivity contribution in [1.29, 1.82) is 0 Å². The molecule has 0 aliphatic heterocycles. The second-order valence-electron chi connectivity index (χ2n) is 11.8. The maximum atomic E-state index is 12.2. The summed E-state index contributed by atoms with van der Waals surface area (Å²) in [5, 5.41) is 0. The second kappa shape index (κ2) is 32.4. The van der Waals surface area contributed by atoms with Crippen LogP contribution in [-0.2, 0) is 14.3 Å². The Kier molecular flexibility index (Phi) is 31.6. The van der Waals surface area contributed by atoms with E-state index in [1.54, 1.807) is 0 Å². The van der Waals surface area contributed by atoms with Crippen molar-refractivity contribution in [2.24, 2.45) is 0 Å². The third kappa shape index (κ3) is 29.7. The maximum Gasteiger partial charge on any atom is 0.306 e. The molecule has 0 spiro atoms. The summed E-state index contributed by atoms with van der Waals surface area (Å²) in [7, 11) is 0. The Morgan fingerprint density at radius 2 is 0.816 bits per heavy atom. The van der Waals surface area contributed by atoms with E-state index in [4.69, 9.17) is 4.74 Å². The molecule has 0 heterocycles. The standard InChI is InChI=1S/C35H67O3/c1-3-5-7-9-11-13-14-15-16-17-18-19-20-21-23-25-27-29-31-35(37)38-34(32-33-36)30-28-26-24-22-12-10-8-6-4-2/h34H,3-32H2,1-2H3. The Morgan fingerprint density at radius 3 is 1.16 bits per heavy atom. The van der Waals surface area contributed by atoms with Crippen molar-refractivity contribution in [2.45, 2.75) is 213 Å². The van der Waals surface area contributed by atoms with Crippen molar-refractivity contribution in [3.8, 4) is 0 Å². The van der Waals surface area contributed by atoms with Gasteiger partial charge < -0.3 is 4.74 Å². The Morgan fingerprint density at radius 1 is 0.500 bits per heavy atom. The molecular formula is C35H67O3. The minimum atomic E-state index is -0.264. The molecule has 1 radical (unpaired) electrons. The molecule has 0 saturated carbocycles. The minimum absolute atomic E-state index is 0.127. The van der Waals surface area contributed by atoms with Gasteiger partial charge in [-0.2, -0.15) is 0 Å². The average molecular weight is 536 g/mol. The Bertz CT molecular complexity index is 476. The SMILES string of the molecule is CCCCCCCCCCCCCCCCCCCCC(=O)OC(C[C]=O)CCCCCCCCCCC. The molecule has 0 saturated heterocycles. The Hall–Kier alpha value is -0.860. The predicted molar refractivity (Wildman–Crippen MR) is 165 cm³/mol. The fourth-order valence-electron chi connectivity index (χ4n) is 5.39. The van der Waals surface area contributed by atoms with E-state index in [0.717, 1.165) is 25.7 Å². The van der Waals surface area contributed by atoms with E-state index in [9.17, 15) is 9.59 Å². The monoisotopic (exact) mass is 536 g/mol. The van der Waals surface area contributed by atoms with Crippen molar-refractivity contribution < 1.29 is 14.3 Å². The summed E-state index contributed by atoms with van der Waals surface area (Å²) < 4.78 is 5.59. The second-order valence-corrected chi connectivity index (χ2v) is 11.8. The van der Waals surface area contributed by atoms with Crippen LogP contribution >= 0.6 is 0 Å². The van der Waals surface area contributed by atoms with E-state index in [-0.39, 0.29) is 18.5 Å². The molecule has 0 aromatic carbocycles. The predicted octanol–water partition coefficient (Wildman–Crippen LogP) is 11.8. The van der Waals surface area contributed by atoms with Gasteiger partial charge in [0.25, 0.3) is 0 Å². The normalized spacial score (nSPS) is 12.1. The van der Waals surface area contributed by atoms with Crippen LogP contribution in [0.2, 0.25) is 0 Å². The molecule has 0 aromatic heterocycles. The van der Waals surface area contributed by atoms with Gasteiger partial charge in [-0.25, -0.2) is 0 Å². The third-order valence-corrected chi connectivity index (χ3v) is 7.97. The van der Waals surface area contributed by atoms with Gasteiger partial charge in [-0.3, -0.25) is 9.59 Å². The van der Waals surface area contributed by atoms with E-state index < -0.39 is 0 Å². The van der Waals surface area contributed by atoms with Gasteiger partial charge in [-0.15, -0.1) is 0 Å². The lowest BCUT2D eigenvalue weighted by Crippen LogP contribution is -2.18. The fourth-order valence-corrected chi connectivity index (χ4v) is 5.39. The molecule has 3 nitrogen and oxygen atoms in total. The first-order valence-electron chi connectivity index (χ1n) is 17.3. The van der Waals surface area contributed by atoms with Crippen LogP contribution in [0.3, 0.4) is 0 Å². The van der Waals surface area contributed by atoms with Crippen LogP contribution in [0.25, 0.3) is 0 Å². The summed E-state index contributed by atoms with van der Waals surface area (Å²) in [6.45, 7) is 4.54. The molecular weight excluding hydrogens is 468 g/mol. The van der Waals surface area contributed by atoms with Crippen LogP contribution in [0.4, 0.5) is 0 Å². The molecule has 0 aliphatic carbocycles. The molecule has 0 aromatic rings. The van der Waals surface area contributed by atoms with Crippen molar-refractivity contribution in [2.75, 3.05) is 0 Å². The molecule has 0 bridgehead atoms. The molecule has 38 heavy (non-hydrogen) atoms. The van der Waals surface area contributed by atoms with Gasteiger partial charge >= 0.3 is 5.97 Å². The molecule has 3 heteroatoms. The number of hydrogen-bond donors (Lipinski definition) is 0. The molecule has 1 atom stereocenters. The number of ether oxygens (including phenoxy) is 1. The lowest BCUT2D eigenvalue weighted by Gasteiger charge is -2.15. The van der Waals surface area contributed by atoms with E-state index in [1.807, 2.05) is 6.29 Å². The van der Waals surface area contributed by atoms with Gasteiger partial charge in [0.05, 0.1) is 6.42 Å². The van der Waals surface area contributed by atoms with Gasteiger partial charge in [0.15, 0.2) is 0 Å². The fraction of sp³-hybridized carbons (Fsp3) is 0.943. The highest BCUT2D eigenvalue weighted by Crippen LogP contribution is 2.16. The summed E-state index contributed by atoms with van der Waals surface area (Å²) in [6.07, 6.45) is 38.9. The first-order valence-corrected chi connectivity index (χ1v) is 17.3. The number of esters is 1. The average Bonchev–Trinajstić information content (AvgIpc) is 2.91. The molecule has 0 fully saturated rings. The van der Waals surface area contributed by atoms with Crippen LogP contribution in [0.15, 0.2) is 0 Å². The number of unbranched alkanes of at least 4 members (excludes halogenated alkanes) is 25. The third-order valence-electron chi connectivity index (χ3n) is 7.97. The number of hydrogen-bond acceptors (Lipinski definition) is 3. The molecule has 0 amide bonds. The summed E-state index contributed by atoms with van der Waals surface area (Å²) in [6, 6.07) is 0. The summed E-state index contributed by atoms with van der Waals surface area (Å²) in [5.41, 5.74) is 0. The van der Waals surface area contributed by atoms with Gasteiger partial charge in [0, 0.05) is 6.42 Å². The molecule has 0 N–H and O–H groups in total. The topological polar surface area (TPSA) is 43.4 Å². The quantitative estimate of drug-likeness (QED) is 0.0635. The van der Waals surface area contributed by atoms with E-state index in [1.165, 1.54) is 154 Å². The highest BCUT2D eigenvalue weighted by atomic mass is 16.5. The first-order chi connectivity index (χ1) is 18.7. The van der Waals surface area contributed by atoms with Crippen LogP contribution in [0.1, 0.15) is 206 Å². The number of rotatable bonds is 32. The van der Waals surface area contributed by atoms with E-state index in [0.29, 0.717) is 6.42 Å². The minimum Gasteiger partial charge on any atom is -0.462 e. The largest absolute Gasteiger partial charge is 0.462 e. The highest BCUT2D eigenvalue weighted by molar-refractivity contribution is 5.69. The van der Waals surface area contributed by atoms with Crippen molar-refractivity contribution >= 4 is 12.3 Å². The van der Waals surface area contributed by atoms with Crippen LogP contribution < -0.4 is 0 Å². The number of carbonyl (C=O) groups is 1. The van der Waals surface area contributed by atoms with Gasteiger partial charge in [0.1, 0.15) is 6.10 Å². The van der Waals surface area contributed by atoms with Gasteiger partial charge in [-0.05, 0) is 19.3 Å². The first kappa shape index (κ1) is 37.1. The zero-order chi connectivity index (χ0) is 27.8.